The second-order valence-corrected chi connectivity index (χ2v) is 6.18. The van der Waals surface area contributed by atoms with E-state index in [1.165, 1.54) is 12.4 Å². The molecule has 5 heteroatoms. The number of benzene rings is 2. The van der Waals surface area contributed by atoms with Crippen molar-refractivity contribution in [1.82, 2.24) is 19.7 Å². The molecule has 2 aromatic carbocycles. The van der Waals surface area contributed by atoms with Crippen molar-refractivity contribution in [3.8, 4) is 22.4 Å². The Hall–Kier alpha value is -3.34. The van der Waals surface area contributed by atoms with Crippen LogP contribution in [0.3, 0.4) is 0 Å². The molecule has 0 saturated heterocycles. The Morgan fingerprint density at radius 1 is 0.923 bits per heavy atom. The predicted molar refractivity (Wildman–Crippen MR) is 98.9 cm³/mol. The highest BCUT2D eigenvalue weighted by Crippen LogP contribution is 2.24. The Morgan fingerprint density at radius 2 is 1.73 bits per heavy atom. The van der Waals surface area contributed by atoms with E-state index in [1.807, 2.05) is 42.1 Å². The van der Waals surface area contributed by atoms with Crippen LogP contribution in [0.5, 0.6) is 0 Å². The van der Waals surface area contributed by atoms with Crippen LogP contribution in [0.25, 0.3) is 22.4 Å². The molecule has 0 N–H and O–H groups in total. The van der Waals surface area contributed by atoms with Crippen LogP contribution >= 0.6 is 0 Å². The van der Waals surface area contributed by atoms with Gasteiger partial charge < -0.3 is 0 Å². The SMILES string of the molecule is Cc1ccc(F)cc1Cn1ccc(-c2cccc(-c3cncnc3)c2)n1. The number of rotatable bonds is 4. The average molecular weight is 344 g/mol. The van der Waals surface area contributed by atoms with Gasteiger partial charge in [-0.25, -0.2) is 14.4 Å². The molecule has 2 heterocycles. The van der Waals surface area contributed by atoms with Gasteiger partial charge in [0.25, 0.3) is 0 Å². The molecule has 128 valence electrons. The first-order valence-corrected chi connectivity index (χ1v) is 8.33. The van der Waals surface area contributed by atoms with Crippen LogP contribution in [0.15, 0.2) is 73.4 Å². The first-order chi connectivity index (χ1) is 12.7. The molecule has 0 aliphatic carbocycles. The molecule has 4 aromatic rings. The van der Waals surface area contributed by atoms with Gasteiger partial charge in [0.15, 0.2) is 0 Å². The quantitative estimate of drug-likeness (QED) is 0.547. The van der Waals surface area contributed by atoms with Crippen molar-refractivity contribution >= 4 is 0 Å². The first kappa shape index (κ1) is 16.1. The molecule has 0 amide bonds. The monoisotopic (exact) mass is 344 g/mol. The molecular formula is C21H17FN4. The van der Waals surface area contributed by atoms with Gasteiger partial charge in [0, 0.05) is 29.7 Å². The molecule has 0 fully saturated rings. The molecule has 4 rings (SSSR count). The van der Waals surface area contributed by atoms with E-state index in [4.69, 9.17) is 0 Å². The van der Waals surface area contributed by atoms with Crippen molar-refractivity contribution in [2.75, 3.05) is 0 Å². The van der Waals surface area contributed by atoms with Crippen molar-refractivity contribution < 1.29 is 4.39 Å². The van der Waals surface area contributed by atoms with E-state index < -0.39 is 0 Å². The largest absolute Gasteiger partial charge is 0.268 e. The summed E-state index contributed by atoms with van der Waals surface area (Å²) in [5, 5.41) is 4.64. The van der Waals surface area contributed by atoms with Crippen molar-refractivity contribution in [3.05, 3.63) is 90.4 Å². The average Bonchev–Trinajstić information content (AvgIpc) is 3.14. The Balaban J connectivity index is 1.61. The van der Waals surface area contributed by atoms with Gasteiger partial charge in [-0.05, 0) is 47.9 Å². The van der Waals surface area contributed by atoms with E-state index in [9.17, 15) is 4.39 Å². The highest BCUT2D eigenvalue weighted by atomic mass is 19.1. The maximum Gasteiger partial charge on any atom is 0.123 e. The molecule has 0 spiro atoms. The van der Waals surface area contributed by atoms with Crippen LogP contribution in [-0.2, 0) is 6.54 Å². The number of aryl methyl sites for hydroxylation is 1. The van der Waals surface area contributed by atoms with Crippen LogP contribution in [0.1, 0.15) is 11.1 Å². The van der Waals surface area contributed by atoms with Crippen LogP contribution in [0, 0.1) is 12.7 Å². The third kappa shape index (κ3) is 3.37. The summed E-state index contributed by atoms with van der Waals surface area (Å²) >= 11 is 0. The number of aromatic nitrogens is 4. The zero-order valence-corrected chi connectivity index (χ0v) is 14.3. The molecule has 4 nitrogen and oxygen atoms in total. The maximum atomic E-state index is 13.5. The minimum absolute atomic E-state index is 0.226. The van der Waals surface area contributed by atoms with Gasteiger partial charge in [-0.2, -0.15) is 5.10 Å². The minimum Gasteiger partial charge on any atom is -0.268 e. The predicted octanol–water partition coefficient (Wildman–Crippen LogP) is 4.50. The highest BCUT2D eigenvalue weighted by molar-refractivity contribution is 5.70. The fraction of sp³-hybridized carbons (Fsp3) is 0.0952. The molecule has 0 unspecified atom stereocenters. The van der Waals surface area contributed by atoms with Crippen LogP contribution in [-0.4, -0.2) is 19.7 Å². The second kappa shape index (κ2) is 6.88. The zero-order valence-electron chi connectivity index (χ0n) is 14.3. The molecule has 2 aromatic heterocycles. The van der Waals surface area contributed by atoms with Crippen molar-refractivity contribution in [2.45, 2.75) is 13.5 Å². The lowest BCUT2D eigenvalue weighted by Gasteiger charge is -2.06. The third-order valence-electron chi connectivity index (χ3n) is 4.34. The normalized spacial score (nSPS) is 10.8. The van der Waals surface area contributed by atoms with Gasteiger partial charge in [0.1, 0.15) is 12.1 Å². The molecule has 0 saturated carbocycles. The molecule has 0 radical (unpaired) electrons. The summed E-state index contributed by atoms with van der Waals surface area (Å²) in [5.41, 5.74) is 5.87. The molecule has 26 heavy (non-hydrogen) atoms. The summed E-state index contributed by atoms with van der Waals surface area (Å²) in [6.45, 7) is 2.51. The Bertz CT molecular complexity index is 1040. The summed E-state index contributed by atoms with van der Waals surface area (Å²) in [6.07, 6.45) is 7.01. The smallest absolute Gasteiger partial charge is 0.123 e. The van der Waals surface area contributed by atoms with E-state index in [-0.39, 0.29) is 5.82 Å². The second-order valence-electron chi connectivity index (χ2n) is 6.18. The van der Waals surface area contributed by atoms with Gasteiger partial charge in [0.05, 0.1) is 12.2 Å². The number of hydrogen-bond acceptors (Lipinski definition) is 3. The summed E-state index contributed by atoms with van der Waals surface area (Å²) in [7, 11) is 0. The standard InChI is InChI=1S/C21H17FN4/c1-15-5-6-20(22)10-18(15)13-26-8-7-21(25-26)17-4-2-3-16(9-17)19-11-23-14-24-12-19/h2-12,14H,13H2,1H3. The third-order valence-corrected chi connectivity index (χ3v) is 4.34. The van der Waals surface area contributed by atoms with Gasteiger partial charge in [-0.1, -0.05) is 24.3 Å². The fourth-order valence-corrected chi connectivity index (χ4v) is 2.89. The summed E-state index contributed by atoms with van der Waals surface area (Å²) in [4.78, 5) is 8.14. The van der Waals surface area contributed by atoms with Crippen LogP contribution < -0.4 is 0 Å². The van der Waals surface area contributed by atoms with Crippen molar-refractivity contribution in [2.24, 2.45) is 0 Å². The van der Waals surface area contributed by atoms with Crippen molar-refractivity contribution in [1.29, 1.82) is 0 Å². The zero-order chi connectivity index (χ0) is 17.9. The molecule has 0 atom stereocenters. The number of hydrogen-bond donors (Lipinski definition) is 0. The lowest BCUT2D eigenvalue weighted by Crippen LogP contribution is -2.02. The van der Waals surface area contributed by atoms with E-state index in [2.05, 4.69) is 21.1 Å². The first-order valence-electron chi connectivity index (χ1n) is 8.33. The van der Waals surface area contributed by atoms with Gasteiger partial charge in [0.2, 0.25) is 0 Å². The number of halogens is 1. The van der Waals surface area contributed by atoms with Crippen LogP contribution in [0.4, 0.5) is 4.39 Å². The lowest BCUT2D eigenvalue weighted by atomic mass is 10.0. The van der Waals surface area contributed by atoms with Gasteiger partial charge >= 0.3 is 0 Å². The Morgan fingerprint density at radius 3 is 2.58 bits per heavy atom. The van der Waals surface area contributed by atoms with E-state index in [0.29, 0.717) is 6.54 Å². The summed E-state index contributed by atoms with van der Waals surface area (Å²) < 4.78 is 15.3. The molecule has 0 aliphatic heterocycles. The van der Waals surface area contributed by atoms with Gasteiger partial charge in [-0.15, -0.1) is 0 Å². The maximum absolute atomic E-state index is 13.5. The van der Waals surface area contributed by atoms with Crippen molar-refractivity contribution in [3.63, 3.8) is 0 Å². The van der Waals surface area contributed by atoms with E-state index in [0.717, 1.165) is 33.5 Å². The summed E-state index contributed by atoms with van der Waals surface area (Å²) in [5.74, 6) is -0.226. The Labute approximate surface area is 151 Å². The minimum atomic E-state index is -0.226. The topological polar surface area (TPSA) is 43.6 Å². The Kier molecular flexibility index (Phi) is 4.27. The van der Waals surface area contributed by atoms with Gasteiger partial charge in [-0.3, -0.25) is 4.68 Å². The molecule has 0 aliphatic rings. The molecular weight excluding hydrogens is 327 g/mol. The molecule has 0 bridgehead atoms. The lowest BCUT2D eigenvalue weighted by molar-refractivity contribution is 0.618. The number of nitrogens with zero attached hydrogens (tertiary/aromatic N) is 4. The van der Waals surface area contributed by atoms with E-state index in [1.54, 1.807) is 24.5 Å². The van der Waals surface area contributed by atoms with E-state index >= 15 is 0 Å². The van der Waals surface area contributed by atoms with Crippen LogP contribution in [0.2, 0.25) is 0 Å². The highest BCUT2D eigenvalue weighted by Gasteiger charge is 2.07. The summed E-state index contributed by atoms with van der Waals surface area (Å²) in [6, 6.07) is 14.9. The fourth-order valence-electron chi connectivity index (χ4n) is 2.89.